The summed E-state index contributed by atoms with van der Waals surface area (Å²) in [5, 5.41) is 7.20. The molecule has 2 aromatic heterocycles. The number of nitrogen functional groups attached to an aromatic ring is 1. The molecule has 150 valence electrons. The van der Waals surface area contributed by atoms with E-state index < -0.39 is 0 Å². The van der Waals surface area contributed by atoms with E-state index in [9.17, 15) is 4.79 Å². The number of carbonyl (C=O) groups excluding carboxylic acids is 1. The number of nitrogens with two attached hydrogens (primary N) is 1. The Labute approximate surface area is 168 Å². The largest absolute Gasteiger partial charge is 0.497 e. The molecule has 8 nitrogen and oxygen atoms in total. The number of nitrogens with zero attached hydrogens (tertiary/aromatic N) is 3. The van der Waals surface area contributed by atoms with Gasteiger partial charge in [0.05, 0.1) is 38.6 Å². The first-order valence-corrected chi connectivity index (χ1v) is 9.41. The molecule has 4 rings (SSSR count). The van der Waals surface area contributed by atoms with Crippen molar-refractivity contribution in [2.45, 2.75) is 12.5 Å². The van der Waals surface area contributed by atoms with Gasteiger partial charge in [0, 0.05) is 18.3 Å². The fourth-order valence-electron chi connectivity index (χ4n) is 3.47. The summed E-state index contributed by atoms with van der Waals surface area (Å²) in [6.07, 6.45) is 3.46. The smallest absolute Gasteiger partial charge is 0.227 e. The summed E-state index contributed by atoms with van der Waals surface area (Å²) >= 11 is 0. The Bertz CT molecular complexity index is 986. The van der Waals surface area contributed by atoms with E-state index in [1.165, 1.54) is 0 Å². The van der Waals surface area contributed by atoms with Gasteiger partial charge in [-0.3, -0.25) is 9.89 Å². The van der Waals surface area contributed by atoms with Gasteiger partial charge in [-0.05, 0) is 35.4 Å². The summed E-state index contributed by atoms with van der Waals surface area (Å²) in [7, 11) is 1.62. The molecule has 1 atom stereocenters. The first-order chi connectivity index (χ1) is 14.1. The van der Waals surface area contributed by atoms with Crippen LogP contribution in [0.1, 0.15) is 17.4 Å². The second-order valence-corrected chi connectivity index (χ2v) is 6.89. The molecule has 0 spiro atoms. The molecular formula is C21H23N5O3. The number of aromatic nitrogens is 3. The van der Waals surface area contributed by atoms with E-state index in [-0.39, 0.29) is 12.0 Å². The third-order valence-corrected chi connectivity index (χ3v) is 5.02. The van der Waals surface area contributed by atoms with Gasteiger partial charge in [0.2, 0.25) is 5.91 Å². The van der Waals surface area contributed by atoms with Crippen molar-refractivity contribution in [3.63, 3.8) is 0 Å². The molecule has 1 amide bonds. The lowest BCUT2D eigenvalue weighted by atomic mass is 10.0. The number of ether oxygens (including phenoxy) is 2. The Hall–Kier alpha value is -3.39. The Morgan fingerprint density at radius 2 is 2.17 bits per heavy atom. The molecule has 0 saturated carbocycles. The van der Waals surface area contributed by atoms with Crippen LogP contribution in [0.15, 0.2) is 48.8 Å². The van der Waals surface area contributed by atoms with Gasteiger partial charge in [0.25, 0.3) is 0 Å². The van der Waals surface area contributed by atoms with Crippen LogP contribution in [0.25, 0.3) is 11.1 Å². The molecule has 0 radical (unpaired) electrons. The summed E-state index contributed by atoms with van der Waals surface area (Å²) < 4.78 is 11.1. The van der Waals surface area contributed by atoms with Gasteiger partial charge in [-0.25, -0.2) is 4.98 Å². The third kappa shape index (κ3) is 4.22. The van der Waals surface area contributed by atoms with Crippen molar-refractivity contribution in [3.8, 4) is 16.9 Å². The van der Waals surface area contributed by atoms with Gasteiger partial charge in [-0.2, -0.15) is 5.10 Å². The van der Waals surface area contributed by atoms with E-state index in [0.29, 0.717) is 31.9 Å². The molecule has 1 aliphatic rings. The van der Waals surface area contributed by atoms with E-state index in [1.807, 2.05) is 35.2 Å². The number of hydrogen-bond donors (Lipinski definition) is 2. The maximum absolute atomic E-state index is 12.8. The van der Waals surface area contributed by atoms with Crippen molar-refractivity contribution >= 4 is 11.7 Å². The molecule has 3 N–H and O–H groups in total. The number of carbonyl (C=O) groups is 1. The minimum Gasteiger partial charge on any atom is -0.497 e. The van der Waals surface area contributed by atoms with Crippen LogP contribution < -0.4 is 10.5 Å². The molecule has 1 fully saturated rings. The number of hydrogen-bond acceptors (Lipinski definition) is 6. The fourth-order valence-corrected chi connectivity index (χ4v) is 3.47. The average Bonchev–Trinajstić information content (AvgIpc) is 3.24. The maximum atomic E-state index is 12.8. The molecule has 0 aliphatic carbocycles. The number of methoxy groups -OCH3 is 1. The van der Waals surface area contributed by atoms with Gasteiger partial charge in [0.1, 0.15) is 17.7 Å². The topological polar surface area (TPSA) is 106 Å². The highest BCUT2D eigenvalue weighted by atomic mass is 16.5. The third-order valence-electron chi connectivity index (χ3n) is 5.02. The van der Waals surface area contributed by atoms with Crippen LogP contribution in [0.5, 0.6) is 5.75 Å². The first-order valence-electron chi connectivity index (χ1n) is 9.41. The summed E-state index contributed by atoms with van der Waals surface area (Å²) in [6.45, 7) is 1.50. The number of aromatic amines is 1. The van der Waals surface area contributed by atoms with Gasteiger partial charge in [0.15, 0.2) is 0 Å². The summed E-state index contributed by atoms with van der Waals surface area (Å²) in [5.74, 6) is 1.28. The first kappa shape index (κ1) is 18.9. The molecule has 8 heteroatoms. The molecule has 1 aliphatic heterocycles. The summed E-state index contributed by atoms with van der Waals surface area (Å²) in [6, 6.07) is 11.2. The highest BCUT2D eigenvalue weighted by Crippen LogP contribution is 2.31. The van der Waals surface area contributed by atoms with E-state index in [4.69, 9.17) is 15.2 Å². The number of rotatable bonds is 5. The molecular weight excluding hydrogens is 370 g/mol. The lowest BCUT2D eigenvalue weighted by Gasteiger charge is -2.33. The Morgan fingerprint density at radius 1 is 1.34 bits per heavy atom. The molecule has 1 aromatic carbocycles. The van der Waals surface area contributed by atoms with Crippen LogP contribution in [-0.4, -0.2) is 52.8 Å². The minimum atomic E-state index is -0.282. The molecule has 3 aromatic rings. The molecule has 3 heterocycles. The van der Waals surface area contributed by atoms with Crippen molar-refractivity contribution < 1.29 is 14.3 Å². The predicted molar refractivity (Wildman–Crippen MR) is 108 cm³/mol. The Kier molecular flexibility index (Phi) is 5.44. The van der Waals surface area contributed by atoms with Gasteiger partial charge < -0.3 is 20.1 Å². The minimum absolute atomic E-state index is 0.0673. The van der Waals surface area contributed by atoms with E-state index in [0.717, 1.165) is 28.1 Å². The van der Waals surface area contributed by atoms with E-state index in [1.54, 1.807) is 25.6 Å². The van der Waals surface area contributed by atoms with Crippen molar-refractivity contribution in [1.82, 2.24) is 20.1 Å². The monoisotopic (exact) mass is 393 g/mol. The maximum Gasteiger partial charge on any atom is 0.227 e. The van der Waals surface area contributed by atoms with Crippen LogP contribution in [0, 0.1) is 0 Å². The predicted octanol–water partition coefficient (Wildman–Crippen LogP) is 2.21. The zero-order valence-electron chi connectivity index (χ0n) is 16.2. The van der Waals surface area contributed by atoms with Crippen LogP contribution in [0.3, 0.4) is 0 Å². The number of amides is 1. The zero-order chi connectivity index (χ0) is 20.2. The molecule has 0 bridgehead atoms. The Balaban J connectivity index is 1.47. The Morgan fingerprint density at radius 3 is 2.93 bits per heavy atom. The molecule has 1 unspecified atom stereocenters. The lowest BCUT2D eigenvalue weighted by molar-refractivity contribution is -0.138. The number of morpholine rings is 1. The lowest BCUT2D eigenvalue weighted by Crippen LogP contribution is -2.43. The SMILES string of the molecule is COc1ccc(CC(=O)N2CCOC(c3[nH]ncc3-c3ccnc(N)c3)C2)cc1. The van der Waals surface area contributed by atoms with Crippen molar-refractivity contribution in [2.24, 2.45) is 0 Å². The zero-order valence-corrected chi connectivity index (χ0v) is 16.2. The molecule has 29 heavy (non-hydrogen) atoms. The standard InChI is InChI=1S/C21H23N5O3/c1-28-16-4-2-14(3-5-16)10-20(27)26-8-9-29-18(13-26)21-17(12-24-25-21)15-6-7-23-19(22)11-15/h2-7,11-12,18H,8-10,13H2,1H3,(H2,22,23)(H,24,25). The van der Waals surface area contributed by atoms with Crippen LogP contribution in [-0.2, 0) is 16.0 Å². The van der Waals surface area contributed by atoms with Gasteiger partial charge in [-0.15, -0.1) is 0 Å². The number of H-pyrrole nitrogens is 1. The number of pyridine rings is 1. The quantitative estimate of drug-likeness (QED) is 0.688. The second kappa shape index (κ2) is 8.32. The van der Waals surface area contributed by atoms with E-state index in [2.05, 4.69) is 15.2 Å². The van der Waals surface area contributed by atoms with Gasteiger partial charge in [-0.1, -0.05) is 12.1 Å². The number of nitrogens with one attached hydrogen (secondary N) is 1. The van der Waals surface area contributed by atoms with Crippen molar-refractivity contribution in [1.29, 1.82) is 0 Å². The highest BCUT2D eigenvalue weighted by molar-refractivity contribution is 5.79. The normalized spacial score (nSPS) is 16.6. The average molecular weight is 393 g/mol. The number of anilines is 1. The fraction of sp³-hybridized carbons (Fsp3) is 0.286. The van der Waals surface area contributed by atoms with Crippen molar-refractivity contribution in [3.05, 3.63) is 60.0 Å². The van der Waals surface area contributed by atoms with Gasteiger partial charge >= 0.3 is 0 Å². The highest BCUT2D eigenvalue weighted by Gasteiger charge is 2.28. The number of benzene rings is 1. The van der Waals surface area contributed by atoms with Crippen LogP contribution in [0.4, 0.5) is 5.82 Å². The summed E-state index contributed by atoms with van der Waals surface area (Å²) in [4.78, 5) is 18.7. The summed E-state index contributed by atoms with van der Waals surface area (Å²) in [5.41, 5.74) is 9.40. The van der Waals surface area contributed by atoms with Crippen molar-refractivity contribution in [2.75, 3.05) is 32.5 Å². The van der Waals surface area contributed by atoms with Crippen LogP contribution >= 0.6 is 0 Å². The van der Waals surface area contributed by atoms with Crippen LogP contribution in [0.2, 0.25) is 0 Å². The molecule has 1 saturated heterocycles. The second-order valence-electron chi connectivity index (χ2n) is 6.89. The van der Waals surface area contributed by atoms with E-state index >= 15 is 0 Å².